The molecule has 1 saturated carbocycles. The number of carbonyl (C=O) groups is 2. The van der Waals surface area contributed by atoms with Crippen molar-refractivity contribution in [2.75, 3.05) is 18.0 Å². The second-order valence-electron chi connectivity index (χ2n) is 9.32. The molecule has 0 amide bonds. The molecule has 39 heavy (non-hydrogen) atoms. The lowest BCUT2D eigenvalue weighted by molar-refractivity contribution is -0.193. The van der Waals surface area contributed by atoms with Gasteiger partial charge in [0.1, 0.15) is 0 Å². The number of halogens is 6. The van der Waals surface area contributed by atoms with E-state index in [-0.39, 0.29) is 11.6 Å². The van der Waals surface area contributed by atoms with Crippen LogP contribution in [-0.4, -0.2) is 69.0 Å². The SMILES string of the molecule is NC1CCCCC1(N)[C@H]1CCCN(c2ccc(-n3cccn3)cc2)C1.O=C(O)C(F)(F)F.O=C(O)C(F)(F)F. The van der Waals surface area contributed by atoms with Gasteiger partial charge in [0.25, 0.3) is 0 Å². The largest absolute Gasteiger partial charge is 0.490 e. The summed E-state index contributed by atoms with van der Waals surface area (Å²) in [6.07, 6.45) is 0.594. The van der Waals surface area contributed by atoms with Crippen LogP contribution in [0.25, 0.3) is 5.69 Å². The monoisotopic (exact) mass is 567 g/mol. The summed E-state index contributed by atoms with van der Waals surface area (Å²) < 4.78 is 65.4. The molecule has 218 valence electrons. The number of piperidine rings is 1. The van der Waals surface area contributed by atoms with Crippen LogP contribution in [0.3, 0.4) is 0 Å². The van der Waals surface area contributed by atoms with Gasteiger partial charge in [0.2, 0.25) is 0 Å². The minimum atomic E-state index is -5.08. The summed E-state index contributed by atoms with van der Waals surface area (Å²) >= 11 is 0. The first kappa shape index (κ1) is 31.9. The van der Waals surface area contributed by atoms with Crippen molar-refractivity contribution in [2.45, 2.75) is 62.5 Å². The van der Waals surface area contributed by atoms with E-state index in [1.807, 2.05) is 16.9 Å². The predicted molar refractivity (Wildman–Crippen MR) is 129 cm³/mol. The number of carboxylic acids is 2. The van der Waals surface area contributed by atoms with Gasteiger partial charge in [-0.2, -0.15) is 31.4 Å². The molecule has 1 aromatic carbocycles. The van der Waals surface area contributed by atoms with Crippen molar-refractivity contribution in [3.63, 3.8) is 0 Å². The minimum Gasteiger partial charge on any atom is -0.475 e. The number of nitrogens with two attached hydrogens (primary N) is 2. The second-order valence-corrected chi connectivity index (χ2v) is 9.32. The number of benzene rings is 1. The third-order valence-corrected chi connectivity index (χ3v) is 6.72. The number of anilines is 1. The van der Waals surface area contributed by atoms with Crippen LogP contribution >= 0.6 is 0 Å². The van der Waals surface area contributed by atoms with Crippen molar-refractivity contribution in [3.05, 3.63) is 42.7 Å². The van der Waals surface area contributed by atoms with Crippen LogP contribution in [-0.2, 0) is 9.59 Å². The van der Waals surface area contributed by atoms with E-state index in [1.165, 1.54) is 31.4 Å². The van der Waals surface area contributed by atoms with Crippen molar-refractivity contribution in [2.24, 2.45) is 17.4 Å². The van der Waals surface area contributed by atoms with Crippen LogP contribution in [0.5, 0.6) is 0 Å². The zero-order chi connectivity index (χ0) is 29.4. The van der Waals surface area contributed by atoms with Crippen LogP contribution in [0, 0.1) is 5.92 Å². The van der Waals surface area contributed by atoms with Gasteiger partial charge in [-0.1, -0.05) is 12.8 Å². The van der Waals surface area contributed by atoms with E-state index in [0.717, 1.165) is 31.6 Å². The van der Waals surface area contributed by atoms with Gasteiger partial charge < -0.3 is 26.6 Å². The first-order valence-electron chi connectivity index (χ1n) is 12.1. The lowest BCUT2D eigenvalue weighted by atomic mass is 9.68. The molecule has 2 aromatic rings. The molecule has 2 unspecified atom stereocenters. The number of aromatic nitrogens is 2. The highest BCUT2D eigenvalue weighted by Gasteiger charge is 2.43. The maximum absolute atomic E-state index is 10.6. The Morgan fingerprint density at radius 1 is 0.923 bits per heavy atom. The van der Waals surface area contributed by atoms with Gasteiger partial charge >= 0.3 is 24.3 Å². The molecule has 0 radical (unpaired) electrons. The molecule has 15 heteroatoms. The van der Waals surface area contributed by atoms with Crippen molar-refractivity contribution in [3.8, 4) is 5.69 Å². The maximum atomic E-state index is 10.6. The summed E-state index contributed by atoms with van der Waals surface area (Å²) in [7, 11) is 0. The fourth-order valence-electron chi connectivity index (χ4n) is 4.64. The Bertz CT molecular complexity index is 1040. The highest BCUT2D eigenvalue weighted by molar-refractivity contribution is 5.73. The number of rotatable bonds is 3. The van der Waals surface area contributed by atoms with Crippen molar-refractivity contribution < 1.29 is 46.1 Å². The molecular weight excluding hydrogens is 536 g/mol. The molecule has 1 aromatic heterocycles. The minimum absolute atomic E-state index is 0.147. The first-order chi connectivity index (χ1) is 18.1. The molecule has 6 N–H and O–H groups in total. The van der Waals surface area contributed by atoms with Gasteiger partial charge in [-0.05, 0) is 61.9 Å². The Balaban J connectivity index is 0.000000317. The van der Waals surface area contributed by atoms with Crippen molar-refractivity contribution in [1.82, 2.24) is 9.78 Å². The Labute approximate surface area is 220 Å². The molecule has 1 saturated heterocycles. The fourth-order valence-corrected chi connectivity index (χ4v) is 4.64. The van der Waals surface area contributed by atoms with Gasteiger partial charge in [-0.25, -0.2) is 14.3 Å². The van der Waals surface area contributed by atoms with Gasteiger partial charge in [-0.3, -0.25) is 0 Å². The zero-order valence-electron chi connectivity index (χ0n) is 20.8. The highest BCUT2D eigenvalue weighted by atomic mass is 19.4. The van der Waals surface area contributed by atoms with Gasteiger partial charge in [0.05, 0.1) is 5.69 Å². The summed E-state index contributed by atoms with van der Waals surface area (Å²) in [6.45, 7) is 2.12. The number of nitrogens with zero attached hydrogens (tertiary/aromatic N) is 3. The molecule has 0 spiro atoms. The summed E-state index contributed by atoms with van der Waals surface area (Å²) in [5, 5.41) is 18.5. The zero-order valence-corrected chi connectivity index (χ0v) is 20.8. The molecule has 2 heterocycles. The van der Waals surface area contributed by atoms with E-state index in [2.05, 4.69) is 34.3 Å². The van der Waals surface area contributed by atoms with Gasteiger partial charge in [0.15, 0.2) is 0 Å². The van der Waals surface area contributed by atoms with E-state index in [9.17, 15) is 26.3 Å². The molecule has 1 aliphatic heterocycles. The highest BCUT2D eigenvalue weighted by Crippen LogP contribution is 2.37. The van der Waals surface area contributed by atoms with E-state index < -0.39 is 24.3 Å². The van der Waals surface area contributed by atoms with Crippen molar-refractivity contribution in [1.29, 1.82) is 0 Å². The summed E-state index contributed by atoms with van der Waals surface area (Å²) in [4.78, 5) is 20.3. The van der Waals surface area contributed by atoms with Crippen LogP contribution in [0.4, 0.5) is 32.0 Å². The average molecular weight is 568 g/mol. The normalized spacial score (nSPS) is 23.5. The maximum Gasteiger partial charge on any atom is 0.490 e. The lowest BCUT2D eigenvalue weighted by Gasteiger charge is -2.49. The lowest BCUT2D eigenvalue weighted by Crippen LogP contribution is -2.64. The Hall–Kier alpha value is -3.33. The van der Waals surface area contributed by atoms with Crippen LogP contribution in [0.2, 0.25) is 0 Å². The quantitative estimate of drug-likeness (QED) is 0.408. The molecule has 0 bridgehead atoms. The van der Waals surface area contributed by atoms with Crippen molar-refractivity contribution >= 4 is 17.6 Å². The fraction of sp³-hybridized carbons (Fsp3) is 0.542. The first-order valence-corrected chi connectivity index (χ1v) is 12.1. The molecule has 4 rings (SSSR count). The topological polar surface area (TPSA) is 148 Å². The van der Waals surface area contributed by atoms with E-state index in [1.54, 1.807) is 6.20 Å². The van der Waals surface area contributed by atoms with Gasteiger partial charge in [0, 0.05) is 42.8 Å². The number of alkyl halides is 6. The van der Waals surface area contributed by atoms with Gasteiger partial charge in [-0.15, -0.1) is 0 Å². The molecular formula is C24H31F6N5O4. The third-order valence-electron chi connectivity index (χ3n) is 6.72. The second kappa shape index (κ2) is 13.2. The van der Waals surface area contributed by atoms with Crippen LogP contribution in [0.1, 0.15) is 38.5 Å². The van der Waals surface area contributed by atoms with Crippen LogP contribution < -0.4 is 16.4 Å². The number of aliphatic carboxylic acids is 2. The van der Waals surface area contributed by atoms with Crippen LogP contribution in [0.15, 0.2) is 42.7 Å². The Morgan fingerprint density at radius 2 is 1.46 bits per heavy atom. The summed E-state index contributed by atoms with van der Waals surface area (Å²) in [5.74, 6) is -5.03. The Morgan fingerprint density at radius 3 is 1.92 bits per heavy atom. The molecule has 3 atom stereocenters. The number of hydrogen-bond acceptors (Lipinski definition) is 6. The average Bonchev–Trinajstić information content (AvgIpc) is 3.41. The van der Waals surface area contributed by atoms with E-state index in [0.29, 0.717) is 5.92 Å². The molecule has 1 aliphatic carbocycles. The number of carboxylic acid groups (broad SMARTS) is 2. The molecule has 2 fully saturated rings. The third kappa shape index (κ3) is 9.13. The summed E-state index contributed by atoms with van der Waals surface area (Å²) in [5.41, 5.74) is 15.5. The predicted octanol–water partition coefficient (Wildman–Crippen LogP) is 3.95. The Kier molecular flexibility index (Phi) is 10.8. The standard InChI is InChI=1S/C20H29N5.2C2HF3O2/c21-19-6-1-2-11-20(19,22)16-5-3-13-24(15-16)17-7-9-18(10-8-17)25-14-4-12-23-25;2*3-2(4,5)1(6)7/h4,7-10,12,14,16,19H,1-3,5-6,11,13,15,21-22H2;2*(H,6,7)/t16-,19?,20?;;/m0../s1. The smallest absolute Gasteiger partial charge is 0.475 e. The molecule has 2 aliphatic rings. The molecule has 9 nitrogen and oxygen atoms in total. The van der Waals surface area contributed by atoms with E-state index >= 15 is 0 Å². The number of hydrogen-bond donors (Lipinski definition) is 4. The summed E-state index contributed by atoms with van der Waals surface area (Å²) in [6, 6.07) is 10.8. The van der Waals surface area contributed by atoms with E-state index in [4.69, 9.17) is 31.3 Å².